The lowest BCUT2D eigenvalue weighted by Gasteiger charge is -2.07. The Morgan fingerprint density at radius 3 is 2.78 bits per heavy atom. The van der Waals surface area contributed by atoms with Gasteiger partial charge in [0.05, 0.1) is 6.61 Å². The third-order valence-corrected chi connectivity index (χ3v) is 5.09. The molecule has 0 unspecified atom stereocenters. The maximum absolute atomic E-state index is 5.40. The minimum absolute atomic E-state index is 0.722. The molecule has 0 aliphatic rings. The van der Waals surface area contributed by atoms with Crippen LogP contribution in [-0.4, -0.2) is 24.2 Å². The van der Waals surface area contributed by atoms with Gasteiger partial charge >= 0.3 is 0 Å². The molecular formula is C23H22N3O+. The third-order valence-electron chi connectivity index (χ3n) is 5.09. The van der Waals surface area contributed by atoms with Crippen LogP contribution in [0.15, 0.2) is 72.9 Å². The molecule has 0 amide bonds. The van der Waals surface area contributed by atoms with Crippen molar-refractivity contribution < 1.29 is 9.14 Å². The number of aromatic nitrogens is 2. The molecule has 0 saturated carbocycles. The fourth-order valence-electron chi connectivity index (χ4n) is 3.82. The van der Waals surface area contributed by atoms with E-state index >= 15 is 0 Å². The van der Waals surface area contributed by atoms with Crippen LogP contribution in [0.2, 0.25) is 0 Å². The number of nitrogens with one attached hydrogen (secondary N) is 1. The van der Waals surface area contributed by atoms with Crippen molar-refractivity contribution >= 4 is 38.7 Å². The van der Waals surface area contributed by atoms with Crippen molar-refractivity contribution in [3.05, 3.63) is 72.9 Å². The van der Waals surface area contributed by atoms with E-state index in [1.807, 2.05) is 6.92 Å². The van der Waals surface area contributed by atoms with E-state index in [4.69, 9.17) is 4.74 Å². The minimum Gasteiger partial charge on any atom is -0.383 e. The van der Waals surface area contributed by atoms with Gasteiger partial charge in [-0.2, -0.15) is 8.80 Å². The van der Waals surface area contributed by atoms with Crippen molar-refractivity contribution in [3.8, 4) is 0 Å². The van der Waals surface area contributed by atoms with E-state index in [0.717, 1.165) is 25.4 Å². The summed E-state index contributed by atoms with van der Waals surface area (Å²) in [5.41, 5.74) is 5.92. The molecule has 0 atom stereocenters. The van der Waals surface area contributed by atoms with Crippen LogP contribution in [0.4, 0.5) is 5.69 Å². The SMILES string of the molecule is CCOCCNc1ccc2c(ccc3c[n+]4c5ccccc5ccc4n32)c1. The zero-order valence-corrected chi connectivity index (χ0v) is 15.4. The molecule has 4 nitrogen and oxygen atoms in total. The fourth-order valence-corrected chi connectivity index (χ4v) is 3.82. The zero-order chi connectivity index (χ0) is 18.2. The molecule has 27 heavy (non-hydrogen) atoms. The van der Waals surface area contributed by atoms with Gasteiger partial charge < -0.3 is 10.1 Å². The summed E-state index contributed by atoms with van der Waals surface area (Å²) in [5.74, 6) is 0. The molecule has 0 radical (unpaired) electrons. The summed E-state index contributed by atoms with van der Waals surface area (Å²) in [6, 6.07) is 23.8. The van der Waals surface area contributed by atoms with Gasteiger partial charge in [0.15, 0.2) is 5.52 Å². The quantitative estimate of drug-likeness (QED) is 0.373. The van der Waals surface area contributed by atoms with E-state index in [1.54, 1.807) is 0 Å². The molecule has 134 valence electrons. The van der Waals surface area contributed by atoms with E-state index in [0.29, 0.717) is 0 Å². The monoisotopic (exact) mass is 356 g/mol. The smallest absolute Gasteiger partial charge is 0.292 e. The topological polar surface area (TPSA) is 29.8 Å². The highest BCUT2D eigenvalue weighted by Crippen LogP contribution is 2.23. The number of ether oxygens (including phenoxy) is 1. The first-order valence-electron chi connectivity index (χ1n) is 9.44. The highest BCUT2D eigenvalue weighted by Gasteiger charge is 2.16. The van der Waals surface area contributed by atoms with Crippen LogP contribution in [0.3, 0.4) is 0 Å². The van der Waals surface area contributed by atoms with Crippen molar-refractivity contribution in [2.24, 2.45) is 0 Å². The van der Waals surface area contributed by atoms with Gasteiger partial charge in [-0.25, -0.2) is 0 Å². The van der Waals surface area contributed by atoms with Gasteiger partial charge in [-0.15, -0.1) is 0 Å². The van der Waals surface area contributed by atoms with Crippen molar-refractivity contribution in [3.63, 3.8) is 0 Å². The van der Waals surface area contributed by atoms with Crippen LogP contribution >= 0.6 is 0 Å². The molecule has 3 aromatic heterocycles. The number of para-hydroxylation sites is 1. The molecule has 4 heteroatoms. The van der Waals surface area contributed by atoms with E-state index in [2.05, 4.69) is 87.0 Å². The van der Waals surface area contributed by atoms with Crippen LogP contribution in [0.25, 0.3) is 33.0 Å². The normalized spacial score (nSPS) is 11.7. The van der Waals surface area contributed by atoms with Gasteiger partial charge in [0.1, 0.15) is 17.2 Å². The minimum atomic E-state index is 0.722. The number of hydrogen-bond acceptors (Lipinski definition) is 2. The molecule has 5 rings (SSSR count). The summed E-state index contributed by atoms with van der Waals surface area (Å²) in [7, 11) is 0. The van der Waals surface area contributed by atoms with E-state index < -0.39 is 0 Å². The first-order valence-corrected chi connectivity index (χ1v) is 9.44. The van der Waals surface area contributed by atoms with Crippen LogP contribution in [0.5, 0.6) is 0 Å². The summed E-state index contributed by atoms with van der Waals surface area (Å²) in [6.45, 7) is 4.31. The number of imidazole rings is 1. The van der Waals surface area contributed by atoms with Crippen molar-refractivity contribution in [2.75, 3.05) is 25.1 Å². The molecule has 0 aliphatic carbocycles. The van der Waals surface area contributed by atoms with Crippen LogP contribution in [-0.2, 0) is 4.74 Å². The van der Waals surface area contributed by atoms with E-state index in [9.17, 15) is 0 Å². The van der Waals surface area contributed by atoms with E-state index in [-0.39, 0.29) is 0 Å². The van der Waals surface area contributed by atoms with Crippen molar-refractivity contribution in [2.45, 2.75) is 6.92 Å². The summed E-state index contributed by atoms with van der Waals surface area (Å²) < 4.78 is 10.0. The van der Waals surface area contributed by atoms with Crippen LogP contribution in [0.1, 0.15) is 6.92 Å². The largest absolute Gasteiger partial charge is 0.383 e. The lowest BCUT2D eigenvalue weighted by molar-refractivity contribution is -0.479. The summed E-state index contributed by atoms with van der Waals surface area (Å²) in [4.78, 5) is 0. The van der Waals surface area contributed by atoms with Gasteiger partial charge in [-0.1, -0.05) is 18.2 Å². The molecule has 0 fully saturated rings. The lowest BCUT2D eigenvalue weighted by Crippen LogP contribution is -2.19. The van der Waals surface area contributed by atoms with Gasteiger partial charge in [0.25, 0.3) is 5.65 Å². The Morgan fingerprint density at radius 2 is 1.85 bits per heavy atom. The Kier molecular flexibility index (Phi) is 3.91. The predicted octanol–water partition coefficient (Wildman–Crippen LogP) is 4.43. The number of benzene rings is 2. The molecular weight excluding hydrogens is 334 g/mol. The molecule has 0 saturated heterocycles. The maximum Gasteiger partial charge on any atom is 0.292 e. The van der Waals surface area contributed by atoms with Gasteiger partial charge in [-0.05, 0) is 49.4 Å². The lowest BCUT2D eigenvalue weighted by atomic mass is 10.2. The number of hydrogen-bond donors (Lipinski definition) is 1. The third kappa shape index (κ3) is 2.69. The molecule has 0 bridgehead atoms. The number of nitrogens with zero attached hydrogens (tertiary/aromatic N) is 2. The molecule has 2 aromatic carbocycles. The number of anilines is 1. The second kappa shape index (κ2) is 6.56. The predicted molar refractivity (Wildman–Crippen MR) is 111 cm³/mol. The molecule has 5 aromatic rings. The summed E-state index contributed by atoms with van der Waals surface area (Å²) in [5, 5.41) is 5.90. The Balaban J connectivity index is 1.66. The molecule has 0 aliphatic heterocycles. The Morgan fingerprint density at radius 1 is 0.963 bits per heavy atom. The second-order valence-corrected chi connectivity index (χ2v) is 6.74. The maximum atomic E-state index is 5.40. The molecule has 1 N–H and O–H groups in total. The fraction of sp³-hybridized carbons (Fsp3) is 0.174. The zero-order valence-electron chi connectivity index (χ0n) is 15.4. The first-order chi connectivity index (χ1) is 13.3. The summed E-state index contributed by atoms with van der Waals surface area (Å²) in [6.07, 6.45) is 2.21. The second-order valence-electron chi connectivity index (χ2n) is 6.74. The highest BCUT2D eigenvalue weighted by molar-refractivity contribution is 5.88. The van der Waals surface area contributed by atoms with Gasteiger partial charge in [0, 0.05) is 35.7 Å². The Hall–Kier alpha value is -3.11. The average molecular weight is 356 g/mol. The number of rotatable bonds is 5. The molecule has 3 heterocycles. The van der Waals surface area contributed by atoms with Gasteiger partial charge in [0.2, 0.25) is 0 Å². The standard InChI is InChI=1S/C23H22N3O/c1-2-27-14-13-24-19-9-11-22-18(15-19)7-10-20-16-25-21-6-4-3-5-17(21)8-12-23(25)26(20)22/h3-12,15-16,24H,2,13-14H2,1H3/q+1. The Labute approximate surface area is 157 Å². The highest BCUT2D eigenvalue weighted by atomic mass is 16.5. The number of pyridine rings is 2. The molecule has 0 spiro atoms. The average Bonchev–Trinajstić information content (AvgIpc) is 3.10. The van der Waals surface area contributed by atoms with Crippen molar-refractivity contribution in [1.29, 1.82) is 0 Å². The summed E-state index contributed by atoms with van der Waals surface area (Å²) >= 11 is 0. The van der Waals surface area contributed by atoms with Crippen LogP contribution < -0.4 is 9.72 Å². The Bertz CT molecular complexity index is 1270. The van der Waals surface area contributed by atoms with Crippen LogP contribution in [0, 0.1) is 0 Å². The first kappa shape index (κ1) is 16.1. The van der Waals surface area contributed by atoms with E-state index in [1.165, 1.54) is 33.0 Å². The van der Waals surface area contributed by atoms with Gasteiger partial charge in [-0.3, -0.25) is 0 Å². The number of fused-ring (bicyclic) bond motifs is 7. The van der Waals surface area contributed by atoms with Crippen molar-refractivity contribution in [1.82, 2.24) is 4.40 Å².